The van der Waals surface area contributed by atoms with Gasteiger partial charge in [0.25, 0.3) is 0 Å². The number of para-hydroxylation sites is 1. The number of carbonyl (C=O) groups excluding carboxylic acids is 1. The third-order valence-electron chi connectivity index (χ3n) is 4.24. The number of amides is 1. The van der Waals surface area contributed by atoms with Crippen LogP contribution in [-0.2, 0) is 11.2 Å². The molecule has 1 aromatic carbocycles. The summed E-state index contributed by atoms with van der Waals surface area (Å²) in [6.07, 6.45) is 4.90. The van der Waals surface area contributed by atoms with Crippen molar-refractivity contribution in [3.8, 4) is 0 Å². The Kier molecular flexibility index (Phi) is 3.86. The minimum Gasteiger partial charge on any atom is -0.368 e. The van der Waals surface area contributed by atoms with Gasteiger partial charge in [0.2, 0.25) is 5.91 Å². The van der Waals surface area contributed by atoms with E-state index in [2.05, 4.69) is 44.1 Å². The van der Waals surface area contributed by atoms with Gasteiger partial charge in [0.15, 0.2) is 5.82 Å². The van der Waals surface area contributed by atoms with Crippen molar-refractivity contribution in [3.05, 3.63) is 48.2 Å². The van der Waals surface area contributed by atoms with Crippen molar-refractivity contribution in [3.63, 3.8) is 0 Å². The molecular formula is C18H19N5O. The molecular weight excluding hydrogens is 302 g/mol. The van der Waals surface area contributed by atoms with Crippen LogP contribution in [0.1, 0.15) is 18.4 Å². The molecule has 0 spiro atoms. The molecule has 3 N–H and O–H groups in total. The molecule has 0 radical (unpaired) electrons. The molecule has 6 heteroatoms. The molecule has 1 aliphatic carbocycles. The molecule has 0 saturated heterocycles. The van der Waals surface area contributed by atoms with E-state index < -0.39 is 0 Å². The van der Waals surface area contributed by atoms with Crippen LogP contribution in [0.3, 0.4) is 0 Å². The minimum absolute atomic E-state index is 0.0457. The van der Waals surface area contributed by atoms with Crippen LogP contribution in [-0.4, -0.2) is 27.6 Å². The van der Waals surface area contributed by atoms with Gasteiger partial charge in [-0.3, -0.25) is 4.79 Å². The van der Waals surface area contributed by atoms with Crippen molar-refractivity contribution < 1.29 is 4.79 Å². The zero-order valence-corrected chi connectivity index (χ0v) is 13.2. The highest BCUT2D eigenvalue weighted by atomic mass is 16.2. The van der Waals surface area contributed by atoms with E-state index in [1.807, 2.05) is 18.2 Å². The highest BCUT2D eigenvalue weighted by Gasteiger charge is 2.29. The minimum atomic E-state index is 0.0457. The molecule has 2 heterocycles. The third-order valence-corrected chi connectivity index (χ3v) is 4.24. The average Bonchev–Trinajstić information content (AvgIpc) is 3.39. The van der Waals surface area contributed by atoms with Gasteiger partial charge >= 0.3 is 0 Å². The molecule has 4 rings (SSSR count). The summed E-state index contributed by atoms with van der Waals surface area (Å²) in [6.45, 7) is 0.768. The number of fused-ring (bicyclic) bond motifs is 1. The maximum Gasteiger partial charge on any atom is 0.228 e. The fourth-order valence-corrected chi connectivity index (χ4v) is 2.73. The normalized spacial score (nSPS) is 13.8. The van der Waals surface area contributed by atoms with E-state index in [9.17, 15) is 4.79 Å². The van der Waals surface area contributed by atoms with Gasteiger partial charge in [-0.15, -0.1) is 10.2 Å². The first-order valence-electron chi connectivity index (χ1n) is 8.23. The fourth-order valence-electron chi connectivity index (χ4n) is 2.73. The van der Waals surface area contributed by atoms with E-state index in [1.54, 1.807) is 6.07 Å². The smallest absolute Gasteiger partial charge is 0.228 e. The standard InChI is InChI=1S/C18H19N5O/c24-18(12-5-6-12)21-17-8-7-16(22-23-17)19-10-9-13-11-20-15-4-2-1-3-14(13)15/h1-4,7-8,11-12,20H,5-6,9-10H2,(H,19,22)(H,21,23,24). The van der Waals surface area contributed by atoms with Crippen molar-refractivity contribution in [2.45, 2.75) is 19.3 Å². The molecule has 3 aromatic rings. The lowest BCUT2D eigenvalue weighted by atomic mass is 10.1. The predicted octanol–water partition coefficient (Wildman–Crippen LogP) is 2.96. The quantitative estimate of drug-likeness (QED) is 0.652. The van der Waals surface area contributed by atoms with Gasteiger partial charge in [0.1, 0.15) is 5.82 Å². The SMILES string of the molecule is O=C(Nc1ccc(NCCc2c[nH]c3ccccc23)nn1)C1CC1. The van der Waals surface area contributed by atoms with Gasteiger partial charge in [-0.1, -0.05) is 18.2 Å². The molecule has 0 aliphatic heterocycles. The summed E-state index contributed by atoms with van der Waals surface area (Å²) >= 11 is 0. The third kappa shape index (κ3) is 3.22. The molecule has 6 nitrogen and oxygen atoms in total. The second-order valence-corrected chi connectivity index (χ2v) is 6.10. The van der Waals surface area contributed by atoms with E-state index in [0.29, 0.717) is 11.6 Å². The fraction of sp³-hybridized carbons (Fsp3) is 0.278. The Labute approximate surface area is 139 Å². The summed E-state index contributed by atoms with van der Waals surface area (Å²) in [5, 5.41) is 15.5. The lowest BCUT2D eigenvalue weighted by Gasteiger charge is -2.06. The molecule has 0 unspecified atom stereocenters. The van der Waals surface area contributed by atoms with E-state index >= 15 is 0 Å². The van der Waals surface area contributed by atoms with Gasteiger partial charge < -0.3 is 15.6 Å². The molecule has 1 fully saturated rings. The number of aromatic nitrogens is 3. The first kappa shape index (κ1) is 14.7. The monoisotopic (exact) mass is 321 g/mol. The topological polar surface area (TPSA) is 82.7 Å². The Bertz CT molecular complexity index is 851. The second kappa shape index (κ2) is 6.31. The van der Waals surface area contributed by atoms with Crippen molar-refractivity contribution in [2.24, 2.45) is 5.92 Å². The van der Waals surface area contributed by atoms with E-state index in [0.717, 1.165) is 31.3 Å². The van der Waals surface area contributed by atoms with Crippen LogP contribution in [0.2, 0.25) is 0 Å². The van der Waals surface area contributed by atoms with Crippen LogP contribution in [0.25, 0.3) is 10.9 Å². The van der Waals surface area contributed by atoms with Crippen LogP contribution in [0, 0.1) is 5.92 Å². The van der Waals surface area contributed by atoms with Gasteiger partial charge in [-0.25, -0.2) is 0 Å². The largest absolute Gasteiger partial charge is 0.368 e. The lowest BCUT2D eigenvalue weighted by Crippen LogP contribution is -2.15. The summed E-state index contributed by atoms with van der Waals surface area (Å²) in [5.41, 5.74) is 2.43. The first-order valence-corrected chi connectivity index (χ1v) is 8.23. The number of nitrogens with zero attached hydrogens (tertiary/aromatic N) is 2. The Morgan fingerprint density at radius 1 is 1.12 bits per heavy atom. The second-order valence-electron chi connectivity index (χ2n) is 6.10. The van der Waals surface area contributed by atoms with Gasteiger partial charge in [-0.2, -0.15) is 0 Å². The van der Waals surface area contributed by atoms with Gasteiger partial charge in [0, 0.05) is 29.6 Å². The lowest BCUT2D eigenvalue weighted by molar-refractivity contribution is -0.117. The van der Waals surface area contributed by atoms with E-state index in [-0.39, 0.29) is 11.8 Å². The molecule has 2 aromatic heterocycles. The maximum absolute atomic E-state index is 11.7. The summed E-state index contributed by atoms with van der Waals surface area (Å²) in [6, 6.07) is 11.9. The van der Waals surface area contributed by atoms with Crippen molar-refractivity contribution in [2.75, 3.05) is 17.2 Å². The number of carbonyl (C=O) groups is 1. The summed E-state index contributed by atoms with van der Waals surface area (Å²) < 4.78 is 0. The van der Waals surface area contributed by atoms with Crippen LogP contribution in [0.15, 0.2) is 42.6 Å². The number of aromatic amines is 1. The number of hydrogen-bond acceptors (Lipinski definition) is 4. The molecule has 122 valence electrons. The highest BCUT2D eigenvalue weighted by Crippen LogP contribution is 2.29. The van der Waals surface area contributed by atoms with E-state index in [1.165, 1.54) is 10.9 Å². The number of benzene rings is 1. The number of rotatable bonds is 6. The van der Waals surface area contributed by atoms with Crippen LogP contribution in [0.5, 0.6) is 0 Å². The Hall–Kier alpha value is -2.89. The summed E-state index contributed by atoms with van der Waals surface area (Å²) in [7, 11) is 0. The predicted molar refractivity (Wildman–Crippen MR) is 93.9 cm³/mol. The molecule has 24 heavy (non-hydrogen) atoms. The first-order chi connectivity index (χ1) is 11.8. The molecule has 0 atom stereocenters. The van der Waals surface area contributed by atoms with Crippen molar-refractivity contribution in [1.82, 2.24) is 15.2 Å². The van der Waals surface area contributed by atoms with Crippen LogP contribution >= 0.6 is 0 Å². The van der Waals surface area contributed by atoms with Crippen molar-refractivity contribution >= 4 is 28.4 Å². The Morgan fingerprint density at radius 3 is 2.71 bits per heavy atom. The molecule has 1 aliphatic rings. The molecule has 1 amide bonds. The molecule has 0 bridgehead atoms. The Balaban J connectivity index is 1.31. The average molecular weight is 321 g/mol. The van der Waals surface area contributed by atoms with Gasteiger partial charge in [-0.05, 0) is 43.0 Å². The zero-order valence-electron chi connectivity index (χ0n) is 13.2. The Morgan fingerprint density at radius 2 is 1.92 bits per heavy atom. The van der Waals surface area contributed by atoms with E-state index in [4.69, 9.17) is 0 Å². The van der Waals surface area contributed by atoms with Gasteiger partial charge in [0.05, 0.1) is 0 Å². The summed E-state index contributed by atoms with van der Waals surface area (Å²) in [4.78, 5) is 15.0. The zero-order chi connectivity index (χ0) is 16.4. The number of anilines is 2. The summed E-state index contributed by atoms with van der Waals surface area (Å²) in [5.74, 6) is 1.43. The van der Waals surface area contributed by atoms with Crippen molar-refractivity contribution in [1.29, 1.82) is 0 Å². The van der Waals surface area contributed by atoms with Crippen LogP contribution < -0.4 is 10.6 Å². The number of H-pyrrole nitrogens is 1. The maximum atomic E-state index is 11.7. The number of nitrogens with one attached hydrogen (secondary N) is 3. The highest BCUT2D eigenvalue weighted by molar-refractivity contribution is 5.93. The van der Waals surface area contributed by atoms with Crippen LogP contribution in [0.4, 0.5) is 11.6 Å². The molecule has 1 saturated carbocycles. The number of hydrogen-bond donors (Lipinski definition) is 3.